The Morgan fingerprint density at radius 2 is 1.17 bits per heavy atom. The predicted molar refractivity (Wildman–Crippen MR) is 266 cm³/mol. The van der Waals surface area contributed by atoms with Gasteiger partial charge in [-0.3, -0.25) is 0 Å². The van der Waals surface area contributed by atoms with Gasteiger partial charge in [0.15, 0.2) is 25.2 Å². The number of hydrogen-bond donors (Lipinski definition) is 15. The summed E-state index contributed by atoms with van der Waals surface area (Å²) >= 11 is 0. The summed E-state index contributed by atoms with van der Waals surface area (Å²) in [5.41, 5.74) is -1.96. The van der Waals surface area contributed by atoms with Crippen LogP contribution in [0.5, 0.6) is 0 Å². The summed E-state index contributed by atoms with van der Waals surface area (Å²) in [5, 5.41) is 162. The summed E-state index contributed by atoms with van der Waals surface area (Å²) in [4.78, 5) is 0. The minimum absolute atomic E-state index is 0.0193. The van der Waals surface area contributed by atoms with Gasteiger partial charge in [0, 0.05) is 17.3 Å². The van der Waals surface area contributed by atoms with Crippen molar-refractivity contribution in [1.82, 2.24) is 0 Å². The quantitative estimate of drug-likeness (QED) is 0.0687. The average molecular weight is 1110 g/mol. The molecule has 23 heteroatoms. The van der Waals surface area contributed by atoms with Gasteiger partial charge in [-0.05, 0) is 99.7 Å². The third-order valence-electron chi connectivity index (χ3n) is 20.7. The fraction of sp³-hybridized carbons (Fsp3) is 0.963. The van der Waals surface area contributed by atoms with E-state index in [1.807, 2.05) is 0 Å². The van der Waals surface area contributed by atoms with E-state index in [9.17, 15) is 76.6 Å². The maximum absolute atomic E-state index is 12.7. The van der Waals surface area contributed by atoms with E-state index in [-0.39, 0.29) is 47.3 Å². The molecule has 15 N–H and O–H groups in total. The summed E-state index contributed by atoms with van der Waals surface area (Å²) < 4.78 is 48.5. The molecule has 0 radical (unpaired) electrons. The maximum Gasteiger partial charge on any atom is 0.187 e. The molecule has 4 heterocycles. The highest BCUT2D eigenvalue weighted by Gasteiger charge is 2.70. The van der Waals surface area contributed by atoms with E-state index < -0.39 is 178 Å². The van der Waals surface area contributed by atoms with Crippen LogP contribution in [-0.4, -0.2) is 244 Å². The molecule has 0 aromatic rings. The number of ether oxygens (including phenoxy) is 8. The monoisotopic (exact) mass is 1110 g/mol. The normalized spacial score (nSPS) is 51.0. The maximum atomic E-state index is 12.7. The van der Waals surface area contributed by atoms with Crippen molar-refractivity contribution in [2.75, 3.05) is 26.4 Å². The van der Waals surface area contributed by atoms with Crippen molar-refractivity contribution in [1.29, 1.82) is 0 Å². The SMILES string of the molecule is C[C@H](CC[C@@H](O[C@@H]1O[C@H](CO)[C@@H](O[C@H]2O[C@H](CO)[C@@H](O)[C@H](O)[C@H]2O)[C@H](O)[C@H]1O[C@@H]1O[C@H](CO)C[C@H](O)[C@H]1O)C(C)(C)O)C1CC[C@@]2(C)C3CC=C4C(CC[C@H](O[C@@H]5O[C@H](CO)[C@@H](O)[C@H](O)[C@H]5O)C4(C)C)[C@]3(C)[C@H](O)C[C@]12C. The first-order chi connectivity index (χ1) is 36.0. The first-order valence-corrected chi connectivity index (χ1v) is 27.9. The summed E-state index contributed by atoms with van der Waals surface area (Å²) in [7, 11) is 0. The van der Waals surface area contributed by atoms with Crippen LogP contribution in [0.4, 0.5) is 0 Å². The zero-order chi connectivity index (χ0) is 56.6. The van der Waals surface area contributed by atoms with Crippen molar-refractivity contribution in [2.45, 2.75) is 254 Å². The number of fused-ring (bicyclic) bond motifs is 5. The Kier molecular flexibility index (Phi) is 18.9. The van der Waals surface area contributed by atoms with E-state index in [0.717, 1.165) is 19.3 Å². The van der Waals surface area contributed by atoms with E-state index in [0.29, 0.717) is 25.7 Å². The van der Waals surface area contributed by atoms with E-state index >= 15 is 0 Å². The highest BCUT2D eigenvalue weighted by atomic mass is 16.8. The van der Waals surface area contributed by atoms with Crippen LogP contribution >= 0.6 is 0 Å². The van der Waals surface area contributed by atoms with Gasteiger partial charge in [-0.1, -0.05) is 53.2 Å². The van der Waals surface area contributed by atoms with Crippen molar-refractivity contribution in [2.24, 2.45) is 45.3 Å². The lowest BCUT2D eigenvalue weighted by molar-refractivity contribution is -0.390. The van der Waals surface area contributed by atoms with Crippen molar-refractivity contribution in [3.8, 4) is 0 Å². The van der Waals surface area contributed by atoms with Gasteiger partial charge in [-0.2, -0.15) is 0 Å². The molecule has 0 amide bonds. The molecule has 0 bridgehead atoms. The van der Waals surface area contributed by atoms with Crippen LogP contribution in [0.3, 0.4) is 0 Å². The van der Waals surface area contributed by atoms with Crippen molar-refractivity contribution in [3.05, 3.63) is 11.6 Å². The van der Waals surface area contributed by atoms with Crippen molar-refractivity contribution >= 4 is 0 Å². The molecule has 8 aliphatic rings. The molecule has 446 valence electrons. The molecule has 29 atom stereocenters. The second-order valence-corrected chi connectivity index (χ2v) is 25.7. The number of aliphatic hydroxyl groups is 15. The Balaban J connectivity index is 0.990. The number of aliphatic hydroxyl groups excluding tert-OH is 14. The van der Waals surface area contributed by atoms with E-state index in [1.165, 1.54) is 5.57 Å². The molecule has 0 aromatic heterocycles. The van der Waals surface area contributed by atoms with Gasteiger partial charge in [0.05, 0.1) is 62.5 Å². The third-order valence-corrected chi connectivity index (χ3v) is 20.7. The van der Waals surface area contributed by atoms with Gasteiger partial charge < -0.3 is 114 Å². The van der Waals surface area contributed by atoms with E-state index in [1.54, 1.807) is 13.8 Å². The molecular formula is C54H92O23. The molecule has 0 aromatic carbocycles. The largest absolute Gasteiger partial charge is 0.394 e. The van der Waals surface area contributed by atoms with Crippen molar-refractivity contribution < 1.29 is 114 Å². The van der Waals surface area contributed by atoms with Gasteiger partial charge in [0.25, 0.3) is 0 Å². The van der Waals surface area contributed by atoms with E-state index in [4.69, 9.17) is 37.9 Å². The number of allylic oxidation sites excluding steroid dienone is 1. The second-order valence-electron chi connectivity index (χ2n) is 25.7. The van der Waals surface area contributed by atoms with Gasteiger partial charge in [0.2, 0.25) is 0 Å². The molecule has 3 unspecified atom stereocenters. The van der Waals surface area contributed by atoms with Gasteiger partial charge in [0.1, 0.15) is 79.4 Å². The van der Waals surface area contributed by atoms with Crippen LogP contribution in [0.1, 0.15) is 113 Å². The molecule has 4 aliphatic heterocycles. The second kappa shape index (κ2) is 23.5. The molecule has 7 fully saturated rings. The topological polar surface area (TPSA) is 377 Å². The molecule has 3 saturated carbocycles. The Morgan fingerprint density at radius 1 is 0.610 bits per heavy atom. The van der Waals surface area contributed by atoms with Crippen molar-refractivity contribution in [3.63, 3.8) is 0 Å². The minimum atomic E-state index is -1.90. The molecule has 23 nitrogen and oxygen atoms in total. The lowest BCUT2D eigenvalue weighted by Gasteiger charge is -2.67. The Hall–Kier alpha value is -1.18. The fourth-order valence-electron chi connectivity index (χ4n) is 15.7. The van der Waals surface area contributed by atoms with Crippen LogP contribution in [-0.2, 0) is 37.9 Å². The first-order valence-electron chi connectivity index (χ1n) is 27.9. The summed E-state index contributed by atoms with van der Waals surface area (Å²) in [6, 6.07) is 0. The van der Waals surface area contributed by atoms with E-state index in [2.05, 4.69) is 47.6 Å². The van der Waals surface area contributed by atoms with Gasteiger partial charge in [-0.15, -0.1) is 0 Å². The minimum Gasteiger partial charge on any atom is -0.394 e. The summed E-state index contributed by atoms with van der Waals surface area (Å²) in [6.45, 7) is 13.7. The molecule has 0 spiro atoms. The van der Waals surface area contributed by atoms with Crippen LogP contribution in [0.15, 0.2) is 11.6 Å². The lowest BCUT2D eigenvalue weighted by Crippen LogP contribution is -2.66. The third kappa shape index (κ3) is 11.0. The van der Waals surface area contributed by atoms with Gasteiger partial charge in [-0.25, -0.2) is 0 Å². The smallest absolute Gasteiger partial charge is 0.187 e. The standard InChI is InChI=1S/C54H92O23/c1-23(25-15-16-52(6)32-12-10-26-27(54(32,8)33(60)18-53(25,52)7)11-14-34(50(26,2)3)74-47-41(66)39(64)37(62)29(20-56)71-47)9-13-35(51(4,5)69)75-49-45(77-46-36(61)28(59)17-24(19-55)70-46)43(68)44(31(22-58)73-49)76-48-42(67)40(65)38(63)30(21-57)72-48/h10,23-25,27-49,55-69H,9,11-22H2,1-8H3/t23-,24+,25?,27?,28+,29-,30-,31-,32?,33-,34+,35-,36-,37-,38-,39+,40+,41-,42-,43+,44-,45-,46+,47+,48-,49+,52+,53-,54+/m1/s1. The highest BCUT2D eigenvalue weighted by molar-refractivity contribution is 5.32. The summed E-state index contributed by atoms with van der Waals surface area (Å²) in [6.07, 6.45) is -24.5. The lowest BCUT2D eigenvalue weighted by atomic mass is 9.38. The number of hydrogen-bond acceptors (Lipinski definition) is 23. The molecule has 4 saturated heterocycles. The predicted octanol–water partition coefficient (Wildman–Crippen LogP) is -2.20. The molecule has 77 heavy (non-hydrogen) atoms. The van der Waals surface area contributed by atoms with Gasteiger partial charge >= 0.3 is 0 Å². The molecule has 8 rings (SSSR count). The summed E-state index contributed by atoms with van der Waals surface area (Å²) in [5.74, 6) is 0.300. The zero-order valence-corrected chi connectivity index (χ0v) is 45.8. The van der Waals surface area contributed by atoms with Crippen LogP contribution in [0.2, 0.25) is 0 Å². The fourth-order valence-corrected chi connectivity index (χ4v) is 15.7. The Morgan fingerprint density at radius 3 is 1.74 bits per heavy atom. The average Bonchev–Trinajstić information content (AvgIpc) is 3.89. The van der Waals surface area contributed by atoms with Crippen LogP contribution < -0.4 is 0 Å². The Bertz CT molecular complexity index is 1990. The highest BCUT2D eigenvalue weighted by Crippen LogP contribution is 2.75. The molecule has 4 aliphatic carbocycles. The zero-order valence-electron chi connectivity index (χ0n) is 45.8. The number of rotatable bonds is 17. The Labute approximate surface area is 450 Å². The van der Waals surface area contributed by atoms with Crippen LogP contribution in [0.25, 0.3) is 0 Å². The van der Waals surface area contributed by atoms with Crippen LogP contribution in [0, 0.1) is 45.3 Å². The molecular weight excluding hydrogens is 1020 g/mol. The first kappa shape index (κ1) is 61.9.